The van der Waals surface area contributed by atoms with Crippen LogP contribution in [-0.2, 0) is 0 Å². The van der Waals surface area contributed by atoms with Crippen LogP contribution >= 0.6 is 0 Å². The monoisotopic (exact) mass is 286 g/mol. The number of nitro groups is 1. The molecule has 0 aliphatic carbocycles. The third kappa shape index (κ3) is 3.21. The molecule has 2 rings (SSSR count). The second-order valence-electron chi connectivity index (χ2n) is 4.15. The minimum atomic E-state index is -0.568. The number of phenolic OH excluding ortho intramolecular Hbond substituents is 1. The van der Waals surface area contributed by atoms with Crippen LogP contribution in [0.25, 0.3) is 0 Å². The van der Waals surface area contributed by atoms with Gasteiger partial charge < -0.3 is 10.4 Å². The Balaban J connectivity index is 2.23. The van der Waals surface area contributed by atoms with Gasteiger partial charge in [-0.1, -0.05) is 0 Å². The van der Waals surface area contributed by atoms with E-state index in [4.69, 9.17) is 0 Å². The average Bonchev–Trinajstić information content (AvgIpc) is 2.47. The van der Waals surface area contributed by atoms with Crippen molar-refractivity contribution in [1.29, 1.82) is 0 Å². The zero-order valence-electron chi connectivity index (χ0n) is 10.6. The molecule has 0 unspecified atom stereocenters. The lowest BCUT2D eigenvalue weighted by molar-refractivity contribution is -0.384. The molecule has 1 amide bonds. The van der Waals surface area contributed by atoms with Gasteiger partial charge in [0.2, 0.25) is 0 Å². The number of non-ortho nitro benzene ring substituents is 1. The quantitative estimate of drug-likeness (QED) is 0.509. The van der Waals surface area contributed by atoms with Crippen LogP contribution < -0.4 is 5.32 Å². The van der Waals surface area contributed by atoms with E-state index in [0.717, 1.165) is 0 Å². The fraction of sp³-hybridized carbons (Fsp3) is 0. The van der Waals surface area contributed by atoms with Gasteiger partial charge in [0.15, 0.2) is 6.29 Å². The highest BCUT2D eigenvalue weighted by Gasteiger charge is 2.12. The summed E-state index contributed by atoms with van der Waals surface area (Å²) in [5.74, 6) is -0.641. The van der Waals surface area contributed by atoms with E-state index in [2.05, 4.69) is 5.32 Å². The number of hydrogen-bond acceptors (Lipinski definition) is 5. The standard InChI is InChI=1S/C14H10N2O5/c17-8-10-3-6-12(18)7-13(10)15-14(19)9-1-4-11(5-2-9)16(20)21/h1-8,18H,(H,15,19). The van der Waals surface area contributed by atoms with Crippen molar-refractivity contribution in [3.05, 3.63) is 63.7 Å². The van der Waals surface area contributed by atoms with Gasteiger partial charge in [-0.15, -0.1) is 0 Å². The summed E-state index contributed by atoms with van der Waals surface area (Å²) in [5.41, 5.74) is 0.440. The molecule has 106 valence electrons. The van der Waals surface area contributed by atoms with Crippen molar-refractivity contribution in [3.63, 3.8) is 0 Å². The Kier molecular flexibility index (Phi) is 3.94. The second kappa shape index (κ2) is 5.83. The molecule has 7 nitrogen and oxygen atoms in total. The number of nitro benzene ring substituents is 1. The number of phenols is 1. The number of aldehydes is 1. The third-order valence-corrected chi connectivity index (χ3v) is 2.75. The van der Waals surface area contributed by atoms with E-state index < -0.39 is 10.8 Å². The van der Waals surface area contributed by atoms with Crippen LogP contribution in [0.4, 0.5) is 11.4 Å². The minimum Gasteiger partial charge on any atom is -0.508 e. The van der Waals surface area contributed by atoms with E-state index in [1.54, 1.807) is 0 Å². The van der Waals surface area contributed by atoms with Gasteiger partial charge in [-0.3, -0.25) is 19.7 Å². The molecule has 2 aromatic carbocycles. The molecule has 0 spiro atoms. The summed E-state index contributed by atoms with van der Waals surface area (Å²) in [6.07, 6.45) is 0.547. The highest BCUT2D eigenvalue weighted by Crippen LogP contribution is 2.21. The van der Waals surface area contributed by atoms with Crippen LogP contribution in [0.15, 0.2) is 42.5 Å². The average molecular weight is 286 g/mol. The highest BCUT2D eigenvalue weighted by atomic mass is 16.6. The topological polar surface area (TPSA) is 110 Å². The number of nitrogens with one attached hydrogen (secondary N) is 1. The van der Waals surface area contributed by atoms with Crippen LogP contribution in [-0.4, -0.2) is 22.2 Å². The Hall–Kier alpha value is -3.22. The van der Waals surface area contributed by atoms with Gasteiger partial charge in [0.05, 0.1) is 10.6 Å². The molecule has 0 atom stereocenters. The lowest BCUT2D eigenvalue weighted by atomic mass is 10.1. The molecule has 0 aromatic heterocycles. The summed E-state index contributed by atoms with van der Waals surface area (Å²) in [6.45, 7) is 0. The Bertz CT molecular complexity index is 710. The number of aromatic hydroxyl groups is 1. The molecule has 0 radical (unpaired) electrons. The first kappa shape index (κ1) is 14.2. The SMILES string of the molecule is O=Cc1ccc(O)cc1NC(=O)c1ccc([N+](=O)[O-])cc1. The first-order valence-electron chi connectivity index (χ1n) is 5.85. The number of carbonyl (C=O) groups is 2. The fourth-order valence-electron chi connectivity index (χ4n) is 1.68. The number of carbonyl (C=O) groups excluding carboxylic acids is 2. The molecule has 0 saturated heterocycles. The lowest BCUT2D eigenvalue weighted by Crippen LogP contribution is -2.13. The van der Waals surface area contributed by atoms with Gasteiger partial charge >= 0.3 is 0 Å². The summed E-state index contributed by atoms with van der Waals surface area (Å²) in [5, 5.41) is 22.4. The number of nitrogens with zero attached hydrogens (tertiary/aromatic N) is 1. The highest BCUT2D eigenvalue weighted by molar-refractivity contribution is 6.06. The zero-order valence-corrected chi connectivity index (χ0v) is 10.6. The summed E-state index contributed by atoms with van der Waals surface area (Å²) in [4.78, 5) is 32.8. The van der Waals surface area contributed by atoms with Crippen LogP contribution in [0, 0.1) is 10.1 Å². The lowest BCUT2D eigenvalue weighted by Gasteiger charge is -2.08. The number of hydrogen-bond donors (Lipinski definition) is 2. The van der Waals surface area contributed by atoms with Gasteiger partial charge in [-0.2, -0.15) is 0 Å². The molecule has 0 fully saturated rings. The van der Waals surface area contributed by atoms with Gasteiger partial charge in [0, 0.05) is 29.3 Å². The molecule has 0 aliphatic heterocycles. The number of benzene rings is 2. The summed E-state index contributed by atoms with van der Waals surface area (Å²) < 4.78 is 0. The van der Waals surface area contributed by atoms with E-state index in [1.165, 1.54) is 42.5 Å². The fourth-order valence-corrected chi connectivity index (χ4v) is 1.68. The smallest absolute Gasteiger partial charge is 0.269 e. The predicted octanol–water partition coefficient (Wildman–Crippen LogP) is 2.37. The van der Waals surface area contributed by atoms with Gasteiger partial charge in [-0.05, 0) is 24.3 Å². The van der Waals surface area contributed by atoms with Crippen molar-refractivity contribution in [2.75, 3.05) is 5.32 Å². The number of rotatable bonds is 4. The Morgan fingerprint density at radius 3 is 2.43 bits per heavy atom. The summed E-state index contributed by atoms with van der Waals surface area (Å²) in [7, 11) is 0. The first-order valence-corrected chi connectivity index (χ1v) is 5.85. The van der Waals surface area contributed by atoms with Crippen molar-refractivity contribution in [1.82, 2.24) is 0 Å². The molecule has 0 bridgehead atoms. The maximum absolute atomic E-state index is 12.0. The molecule has 7 heteroatoms. The van der Waals surface area contributed by atoms with Crippen molar-refractivity contribution in [2.45, 2.75) is 0 Å². The first-order chi connectivity index (χ1) is 10.0. The van der Waals surface area contributed by atoms with Gasteiger partial charge in [0.1, 0.15) is 5.75 Å². The second-order valence-corrected chi connectivity index (χ2v) is 4.15. The largest absolute Gasteiger partial charge is 0.508 e. The third-order valence-electron chi connectivity index (χ3n) is 2.75. The normalized spacial score (nSPS) is 9.90. The van der Waals surface area contributed by atoms with Crippen LogP contribution in [0.1, 0.15) is 20.7 Å². The van der Waals surface area contributed by atoms with Crippen molar-refractivity contribution in [2.24, 2.45) is 0 Å². The van der Waals surface area contributed by atoms with Crippen LogP contribution in [0.2, 0.25) is 0 Å². The van der Waals surface area contributed by atoms with E-state index in [-0.39, 0.29) is 28.3 Å². The minimum absolute atomic E-state index is 0.0976. The molecule has 0 saturated carbocycles. The van der Waals surface area contributed by atoms with Crippen LogP contribution in [0.3, 0.4) is 0 Å². The Morgan fingerprint density at radius 2 is 1.86 bits per heavy atom. The maximum atomic E-state index is 12.0. The van der Waals surface area contributed by atoms with E-state index in [0.29, 0.717) is 6.29 Å². The van der Waals surface area contributed by atoms with Crippen molar-refractivity contribution < 1.29 is 19.6 Å². The molecule has 21 heavy (non-hydrogen) atoms. The molecular weight excluding hydrogens is 276 g/mol. The van der Waals surface area contributed by atoms with Gasteiger partial charge in [0.25, 0.3) is 11.6 Å². The predicted molar refractivity (Wildman–Crippen MR) is 74.5 cm³/mol. The van der Waals surface area contributed by atoms with Gasteiger partial charge in [-0.25, -0.2) is 0 Å². The van der Waals surface area contributed by atoms with Crippen molar-refractivity contribution in [3.8, 4) is 5.75 Å². The Labute approximate surface area is 119 Å². The van der Waals surface area contributed by atoms with Crippen LogP contribution in [0.5, 0.6) is 5.75 Å². The molecule has 0 heterocycles. The maximum Gasteiger partial charge on any atom is 0.269 e. The zero-order chi connectivity index (χ0) is 15.4. The summed E-state index contributed by atoms with van der Waals surface area (Å²) >= 11 is 0. The van der Waals surface area contributed by atoms with E-state index >= 15 is 0 Å². The molecule has 2 aromatic rings. The number of amides is 1. The molecular formula is C14H10N2O5. The number of anilines is 1. The van der Waals surface area contributed by atoms with E-state index in [9.17, 15) is 24.8 Å². The Morgan fingerprint density at radius 1 is 1.19 bits per heavy atom. The molecule has 0 aliphatic rings. The molecule has 2 N–H and O–H groups in total. The van der Waals surface area contributed by atoms with Crippen molar-refractivity contribution >= 4 is 23.6 Å². The van der Waals surface area contributed by atoms with E-state index in [1.807, 2.05) is 0 Å². The summed E-state index contributed by atoms with van der Waals surface area (Å²) in [6, 6.07) is 8.95.